The van der Waals surface area contributed by atoms with Crippen molar-refractivity contribution in [2.24, 2.45) is 0 Å². The molecule has 0 rings (SSSR count). The Labute approximate surface area is 135 Å². The molecule has 0 aromatic rings. The zero-order chi connectivity index (χ0) is 15.8. The van der Waals surface area contributed by atoms with Gasteiger partial charge in [-0.05, 0) is 38.2 Å². The molecule has 0 radical (unpaired) electrons. The minimum atomic E-state index is 1.18. The van der Waals surface area contributed by atoms with E-state index in [0.29, 0.717) is 0 Å². The Morgan fingerprint density at radius 2 is 1.05 bits per heavy atom. The number of quaternary nitrogens is 1. The summed E-state index contributed by atoms with van der Waals surface area (Å²) in [5, 5.41) is 0. The first-order valence-corrected chi connectivity index (χ1v) is 9.68. The van der Waals surface area contributed by atoms with E-state index in [9.17, 15) is 0 Å². The molecule has 0 saturated heterocycles. The summed E-state index contributed by atoms with van der Waals surface area (Å²) in [4.78, 5) is 1.77. The van der Waals surface area contributed by atoms with E-state index in [0.717, 1.165) is 0 Å². The van der Waals surface area contributed by atoms with E-state index in [1.165, 1.54) is 102 Å². The zero-order valence-electron chi connectivity index (χ0n) is 15.3. The lowest BCUT2D eigenvalue weighted by atomic mass is 10.1. The molecule has 0 aliphatic rings. The van der Waals surface area contributed by atoms with Gasteiger partial charge in [0.05, 0.1) is 19.6 Å². The van der Waals surface area contributed by atoms with Crippen LogP contribution in [0.2, 0.25) is 0 Å². The van der Waals surface area contributed by atoms with E-state index in [-0.39, 0.29) is 0 Å². The van der Waals surface area contributed by atoms with Gasteiger partial charge < -0.3 is 4.90 Å². The second-order valence-electron chi connectivity index (χ2n) is 6.92. The van der Waals surface area contributed by atoms with Crippen LogP contribution in [-0.2, 0) is 0 Å². The van der Waals surface area contributed by atoms with Gasteiger partial charge in [0.2, 0.25) is 0 Å². The molecule has 0 aromatic heterocycles. The number of nitrogens with one attached hydrogen (secondary N) is 1. The van der Waals surface area contributed by atoms with Gasteiger partial charge in [-0.15, -0.1) is 0 Å². The van der Waals surface area contributed by atoms with Crippen LogP contribution in [0.25, 0.3) is 0 Å². The van der Waals surface area contributed by atoms with Crippen LogP contribution in [0.4, 0.5) is 0 Å². The maximum Gasteiger partial charge on any atom is 0.0982 e. The lowest BCUT2D eigenvalue weighted by Gasteiger charge is -2.19. The Bertz CT molecular complexity index is 206. The maximum absolute atomic E-state index is 4.11. The highest BCUT2D eigenvalue weighted by Crippen LogP contribution is 2.05. The van der Waals surface area contributed by atoms with E-state index >= 15 is 0 Å². The predicted molar refractivity (Wildman–Crippen MR) is 97.1 cm³/mol. The molecule has 0 unspecified atom stereocenters. The molecular weight excluding hydrogens is 254 g/mol. The van der Waals surface area contributed by atoms with Crippen molar-refractivity contribution < 1.29 is 4.90 Å². The molecule has 0 saturated carbocycles. The molecule has 1 nitrogen and oxygen atoms in total. The quantitative estimate of drug-likeness (QED) is 0.296. The molecule has 0 aliphatic heterocycles. The third kappa shape index (κ3) is 15.9. The largest absolute Gasteiger partial charge is 0.331 e. The number of hydrogen-bond acceptors (Lipinski definition) is 0. The highest BCUT2D eigenvalue weighted by molar-refractivity contribution is 4.86. The van der Waals surface area contributed by atoms with Crippen LogP contribution in [0, 0.1) is 0 Å². The second kappa shape index (κ2) is 16.1. The fraction of sp³-hybridized carbons (Fsp3) is 0.900. The van der Waals surface area contributed by atoms with Gasteiger partial charge in [0.15, 0.2) is 0 Å². The van der Waals surface area contributed by atoms with Gasteiger partial charge in [0.25, 0.3) is 0 Å². The van der Waals surface area contributed by atoms with E-state index < -0.39 is 0 Å². The van der Waals surface area contributed by atoms with Gasteiger partial charge in [-0.1, -0.05) is 71.8 Å². The van der Waals surface area contributed by atoms with Crippen molar-refractivity contribution in [2.45, 2.75) is 97.8 Å². The molecule has 126 valence electrons. The molecule has 0 bridgehead atoms. The Morgan fingerprint density at radius 1 is 0.667 bits per heavy atom. The monoisotopic (exact) mass is 296 g/mol. The fourth-order valence-corrected chi connectivity index (χ4v) is 3.04. The summed E-state index contributed by atoms with van der Waals surface area (Å²) in [6.07, 6.45) is 16.9. The van der Waals surface area contributed by atoms with Crippen LogP contribution in [-0.4, -0.2) is 19.6 Å². The van der Waals surface area contributed by atoms with Crippen LogP contribution < -0.4 is 4.90 Å². The SMILES string of the molecule is C=C(C)C[NH+](CCCCCCCC)CCCCCCCC. The first-order valence-electron chi connectivity index (χ1n) is 9.68. The summed E-state index contributed by atoms with van der Waals surface area (Å²) < 4.78 is 0. The van der Waals surface area contributed by atoms with E-state index in [1.807, 2.05) is 0 Å². The Morgan fingerprint density at radius 3 is 1.43 bits per heavy atom. The van der Waals surface area contributed by atoms with Crippen molar-refractivity contribution in [2.75, 3.05) is 19.6 Å². The van der Waals surface area contributed by atoms with Crippen molar-refractivity contribution in [3.05, 3.63) is 12.2 Å². The van der Waals surface area contributed by atoms with Crippen molar-refractivity contribution in [1.82, 2.24) is 0 Å². The average Bonchev–Trinajstić information content (AvgIpc) is 2.45. The molecule has 1 N–H and O–H groups in total. The molecule has 0 aliphatic carbocycles. The first kappa shape index (κ1) is 20.7. The molecule has 0 fully saturated rings. The number of unbranched alkanes of at least 4 members (excludes halogenated alkanes) is 10. The van der Waals surface area contributed by atoms with Gasteiger partial charge in [-0.2, -0.15) is 0 Å². The fourth-order valence-electron chi connectivity index (χ4n) is 3.04. The summed E-state index contributed by atoms with van der Waals surface area (Å²) in [6, 6.07) is 0. The zero-order valence-corrected chi connectivity index (χ0v) is 15.3. The standard InChI is InChI=1S/C20H41N/c1-5-7-9-11-13-15-17-21(19-20(3)4)18-16-14-12-10-8-6-2/h3,5-19H2,1-2,4H3/p+1. The summed E-state index contributed by atoms with van der Waals surface area (Å²) in [5.74, 6) is 0. The minimum absolute atomic E-state index is 1.18. The van der Waals surface area contributed by atoms with Gasteiger partial charge in [-0.3, -0.25) is 0 Å². The first-order chi connectivity index (χ1) is 10.2. The molecule has 1 heteroatoms. The summed E-state index contributed by atoms with van der Waals surface area (Å²) >= 11 is 0. The molecule has 0 atom stereocenters. The average molecular weight is 297 g/mol. The van der Waals surface area contributed by atoms with Gasteiger partial charge in [-0.25, -0.2) is 0 Å². The summed E-state index contributed by atoms with van der Waals surface area (Å²) in [6.45, 7) is 14.8. The van der Waals surface area contributed by atoms with Crippen molar-refractivity contribution >= 4 is 0 Å². The molecule has 0 amide bonds. The van der Waals surface area contributed by atoms with Crippen LogP contribution >= 0.6 is 0 Å². The lowest BCUT2D eigenvalue weighted by molar-refractivity contribution is -0.895. The Hall–Kier alpha value is -0.300. The highest BCUT2D eigenvalue weighted by Gasteiger charge is 2.08. The summed E-state index contributed by atoms with van der Waals surface area (Å²) in [7, 11) is 0. The molecule has 0 spiro atoms. The topological polar surface area (TPSA) is 4.44 Å². The van der Waals surface area contributed by atoms with Crippen molar-refractivity contribution in [1.29, 1.82) is 0 Å². The van der Waals surface area contributed by atoms with E-state index in [2.05, 4.69) is 27.4 Å². The van der Waals surface area contributed by atoms with E-state index in [1.54, 1.807) is 4.90 Å². The maximum atomic E-state index is 4.11. The number of rotatable bonds is 16. The van der Waals surface area contributed by atoms with Gasteiger partial charge in [0, 0.05) is 0 Å². The second-order valence-corrected chi connectivity index (χ2v) is 6.92. The normalized spacial score (nSPS) is 11.2. The minimum Gasteiger partial charge on any atom is -0.331 e. The van der Waals surface area contributed by atoms with Crippen molar-refractivity contribution in [3.63, 3.8) is 0 Å². The van der Waals surface area contributed by atoms with Crippen molar-refractivity contribution in [3.8, 4) is 0 Å². The Kier molecular flexibility index (Phi) is 15.8. The van der Waals surface area contributed by atoms with Crippen LogP contribution in [0.3, 0.4) is 0 Å². The third-order valence-electron chi connectivity index (χ3n) is 4.32. The molecule has 21 heavy (non-hydrogen) atoms. The Balaban J connectivity index is 3.64. The van der Waals surface area contributed by atoms with Gasteiger partial charge in [0.1, 0.15) is 0 Å². The molecular formula is C20H42N+. The lowest BCUT2D eigenvalue weighted by Crippen LogP contribution is -3.12. The van der Waals surface area contributed by atoms with Gasteiger partial charge >= 0.3 is 0 Å². The smallest absolute Gasteiger partial charge is 0.0982 e. The molecule has 0 heterocycles. The molecule has 0 aromatic carbocycles. The van der Waals surface area contributed by atoms with Crippen LogP contribution in [0.1, 0.15) is 97.8 Å². The number of hydrogen-bond donors (Lipinski definition) is 1. The predicted octanol–water partition coefficient (Wildman–Crippen LogP) is 5.17. The van der Waals surface area contributed by atoms with E-state index in [4.69, 9.17) is 0 Å². The summed E-state index contributed by atoms with van der Waals surface area (Å²) in [5.41, 5.74) is 1.35. The van der Waals surface area contributed by atoms with Crippen LogP contribution in [0.15, 0.2) is 12.2 Å². The highest BCUT2D eigenvalue weighted by atomic mass is 15.1. The third-order valence-corrected chi connectivity index (χ3v) is 4.32. The van der Waals surface area contributed by atoms with Crippen LogP contribution in [0.5, 0.6) is 0 Å².